The summed E-state index contributed by atoms with van der Waals surface area (Å²) in [5.41, 5.74) is 5.32. The predicted octanol–water partition coefficient (Wildman–Crippen LogP) is -0.187. The maximum absolute atomic E-state index is 11.0. The maximum atomic E-state index is 11.0. The number of rotatable bonds is 2. The summed E-state index contributed by atoms with van der Waals surface area (Å²) in [5.74, 6) is 0.789. The SMILES string of the molecule is C[C@@H]1CC(=O)N(CCN)C1. The number of likely N-dealkylation sites (tertiary alicyclic amines) is 1. The van der Waals surface area contributed by atoms with Crippen molar-refractivity contribution in [1.82, 2.24) is 4.90 Å². The smallest absolute Gasteiger partial charge is 0.222 e. The predicted molar refractivity (Wildman–Crippen MR) is 39.4 cm³/mol. The van der Waals surface area contributed by atoms with Gasteiger partial charge in [0, 0.05) is 26.1 Å². The molecule has 0 unspecified atom stereocenters. The highest BCUT2D eigenvalue weighted by Crippen LogP contribution is 2.15. The Morgan fingerprint density at radius 2 is 2.50 bits per heavy atom. The molecule has 3 heteroatoms. The fourth-order valence-electron chi connectivity index (χ4n) is 1.34. The Balaban J connectivity index is 2.39. The lowest BCUT2D eigenvalue weighted by Gasteiger charge is -2.13. The number of carbonyl (C=O) groups excluding carboxylic acids is 1. The number of hydrogen-bond acceptors (Lipinski definition) is 2. The van der Waals surface area contributed by atoms with Crippen molar-refractivity contribution in [1.29, 1.82) is 0 Å². The minimum absolute atomic E-state index is 0.262. The van der Waals surface area contributed by atoms with Crippen LogP contribution in [0.2, 0.25) is 0 Å². The summed E-state index contributed by atoms with van der Waals surface area (Å²) >= 11 is 0. The molecular weight excluding hydrogens is 128 g/mol. The molecule has 1 saturated heterocycles. The largest absolute Gasteiger partial charge is 0.341 e. The van der Waals surface area contributed by atoms with Gasteiger partial charge in [-0.1, -0.05) is 6.92 Å². The van der Waals surface area contributed by atoms with Gasteiger partial charge in [-0.05, 0) is 5.92 Å². The van der Waals surface area contributed by atoms with Crippen molar-refractivity contribution < 1.29 is 4.79 Å². The van der Waals surface area contributed by atoms with E-state index in [2.05, 4.69) is 6.92 Å². The van der Waals surface area contributed by atoms with Crippen LogP contribution in [0.1, 0.15) is 13.3 Å². The minimum atomic E-state index is 0.262. The van der Waals surface area contributed by atoms with Crippen LogP contribution in [0, 0.1) is 5.92 Å². The van der Waals surface area contributed by atoms with E-state index in [0.717, 1.165) is 13.1 Å². The lowest BCUT2D eigenvalue weighted by atomic mass is 10.2. The van der Waals surface area contributed by atoms with Gasteiger partial charge in [-0.3, -0.25) is 4.79 Å². The van der Waals surface area contributed by atoms with Gasteiger partial charge in [0.1, 0.15) is 0 Å². The lowest BCUT2D eigenvalue weighted by molar-refractivity contribution is -0.127. The van der Waals surface area contributed by atoms with Gasteiger partial charge >= 0.3 is 0 Å². The molecular formula is C7H14N2O. The van der Waals surface area contributed by atoms with Crippen molar-refractivity contribution >= 4 is 5.91 Å². The van der Waals surface area contributed by atoms with Crippen LogP contribution in [0.15, 0.2) is 0 Å². The number of amides is 1. The first-order valence-electron chi connectivity index (χ1n) is 3.72. The highest BCUT2D eigenvalue weighted by atomic mass is 16.2. The Morgan fingerprint density at radius 1 is 1.80 bits per heavy atom. The van der Waals surface area contributed by atoms with Gasteiger partial charge in [-0.25, -0.2) is 0 Å². The van der Waals surface area contributed by atoms with E-state index in [1.807, 2.05) is 4.90 Å². The molecule has 1 amide bonds. The van der Waals surface area contributed by atoms with Crippen LogP contribution in [-0.2, 0) is 4.79 Å². The molecule has 0 saturated carbocycles. The van der Waals surface area contributed by atoms with Crippen LogP contribution in [-0.4, -0.2) is 30.4 Å². The van der Waals surface area contributed by atoms with Crippen molar-refractivity contribution in [2.45, 2.75) is 13.3 Å². The Hall–Kier alpha value is -0.570. The van der Waals surface area contributed by atoms with E-state index >= 15 is 0 Å². The number of hydrogen-bond donors (Lipinski definition) is 1. The molecule has 2 N–H and O–H groups in total. The molecule has 0 aromatic carbocycles. The zero-order chi connectivity index (χ0) is 7.56. The van der Waals surface area contributed by atoms with Gasteiger partial charge in [0.15, 0.2) is 0 Å². The highest BCUT2D eigenvalue weighted by molar-refractivity contribution is 5.78. The van der Waals surface area contributed by atoms with Gasteiger partial charge in [0.25, 0.3) is 0 Å². The number of nitrogens with two attached hydrogens (primary N) is 1. The molecule has 1 rings (SSSR count). The van der Waals surface area contributed by atoms with Crippen molar-refractivity contribution in [3.63, 3.8) is 0 Å². The van der Waals surface area contributed by atoms with Crippen molar-refractivity contribution in [2.75, 3.05) is 19.6 Å². The second kappa shape index (κ2) is 3.01. The average Bonchev–Trinajstić information content (AvgIpc) is 2.13. The van der Waals surface area contributed by atoms with Crippen LogP contribution in [0.4, 0.5) is 0 Å². The third-order valence-corrected chi connectivity index (χ3v) is 1.81. The molecule has 1 heterocycles. The fraction of sp³-hybridized carbons (Fsp3) is 0.857. The second-order valence-electron chi connectivity index (χ2n) is 2.94. The topological polar surface area (TPSA) is 46.3 Å². The molecule has 0 radical (unpaired) electrons. The summed E-state index contributed by atoms with van der Waals surface area (Å²) in [6.07, 6.45) is 0.708. The first kappa shape index (κ1) is 7.54. The van der Waals surface area contributed by atoms with E-state index in [9.17, 15) is 4.79 Å². The summed E-state index contributed by atoms with van der Waals surface area (Å²) in [5, 5.41) is 0. The number of nitrogens with zero attached hydrogens (tertiary/aromatic N) is 1. The first-order valence-corrected chi connectivity index (χ1v) is 3.72. The molecule has 0 aromatic heterocycles. The highest BCUT2D eigenvalue weighted by Gasteiger charge is 2.24. The zero-order valence-electron chi connectivity index (χ0n) is 6.34. The maximum Gasteiger partial charge on any atom is 0.222 e. The first-order chi connectivity index (χ1) is 4.74. The summed E-state index contributed by atoms with van der Waals surface area (Å²) in [4.78, 5) is 12.9. The van der Waals surface area contributed by atoms with E-state index in [0.29, 0.717) is 18.9 Å². The minimum Gasteiger partial charge on any atom is -0.341 e. The van der Waals surface area contributed by atoms with Gasteiger partial charge in [0.05, 0.1) is 0 Å². The molecule has 3 nitrogen and oxygen atoms in total. The molecule has 1 aliphatic rings. The van der Waals surface area contributed by atoms with Crippen LogP contribution < -0.4 is 5.73 Å². The molecule has 1 fully saturated rings. The Labute approximate surface area is 61.2 Å². The monoisotopic (exact) mass is 142 g/mol. The quantitative estimate of drug-likeness (QED) is 0.581. The zero-order valence-corrected chi connectivity index (χ0v) is 6.34. The van der Waals surface area contributed by atoms with E-state index < -0.39 is 0 Å². The van der Waals surface area contributed by atoms with Crippen LogP contribution in [0.25, 0.3) is 0 Å². The molecule has 1 atom stereocenters. The van der Waals surface area contributed by atoms with Gasteiger partial charge in [0.2, 0.25) is 5.91 Å². The molecule has 1 aliphatic heterocycles. The van der Waals surface area contributed by atoms with Crippen molar-refractivity contribution in [3.8, 4) is 0 Å². The van der Waals surface area contributed by atoms with Crippen LogP contribution in [0.5, 0.6) is 0 Å². The Kier molecular flexibility index (Phi) is 2.27. The summed E-state index contributed by atoms with van der Waals surface area (Å²) in [6.45, 7) is 4.30. The fourth-order valence-corrected chi connectivity index (χ4v) is 1.34. The molecule has 0 bridgehead atoms. The normalized spacial score (nSPS) is 26.0. The van der Waals surface area contributed by atoms with E-state index in [1.54, 1.807) is 0 Å². The van der Waals surface area contributed by atoms with Crippen LogP contribution >= 0.6 is 0 Å². The standard InChI is InChI=1S/C7H14N2O/c1-6-4-7(10)9(5-6)3-2-8/h6H,2-5,8H2,1H3/t6-/m1/s1. The van der Waals surface area contributed by atoms with Crippen LogP contribution in [0.3, 0.4) is 0 Å². The van der Waals surface area contributed by atoms with Gasteiger partial charge in [-0.15, -0.1) is 0 Å². The third-order valence-electron chi connectivity index (χ3n) is 1.81. The van der Waals surface area contributed by atoms with Gasteiger partial charge in [-0.2, -0.15) is 0 Å². The van der Waals surface area contributed by atoms with E-state index in [4.69, 9.17) is 5.73 Å². The molecule has 0 aromatic rings. The molecule has 0 spiro atoms. The van der Waals surface area contributed by atoms with E-state index in [-0.39, 0.29) is 5.91 Å². The Bertz CT molecular complexity index is 136. The van der Waals surface area contributed by atoms with E-state index in [1.165, 1.54) is 0 Å². The average molecular weight is 142 g/mol. The second-order valence-corrected chi connectivity index (χ2v) is 2.94. The number of carbonyl (C=O) groups is 1. The Morgan fingerprint density at radius 3 is 2.90 bits per heavy atom. The lowest BCUT2D eigenvalue weighted by Crippen LogP contribution is -2.30. The summed E-state index contributed by atoms with van der Waals surface area (Å²) in [7, 11) is 0. The van der Waals surface area contributed by atoms with Crippen molar-refractivity contribution in [2.24, 2.45) is 11.7 Å². The molecule has 0 aliphatic carbocycles. The van der Waals surface area contributed by atoms with Gasteiger partial charge < -0.3 is 10.6 Å². The summed E-state index contributed by atoms with van der Waals surface area (Å²) in [6, 6.07) is 0. The summed E-state index contributed by atoms with van der Waals surface area (Å²) < 4.78 is 0. The molecule has 58 valence electrons. The van der Waals surface area contributed by atoms with Crippen molar-refractivity contribution in [3.05, 3.63) is 0 Å². The third kappa shape index (κ3) is 1.48. The molecule has 10 heavy (non-hydrogen) atoms.